The molecular formula is C39H43N3O7. The first-order valence-electron chi connectivity index (χ1n) is 16.7. The fraction of sp³-hybridized carbons (Fsp3) is 0.359. The summed E-state index contributed by atoms with van der Waals surface area (Å²) in [5.74, 6) is 3.55. The van der Waals surface area contributed by atoms with E-state index in [1.54, 1.807) is 21.3 Å². The van der Waals surface area contributed by atoms with Gasteiger partial charge in [0.15, 0.2) is 34.5 Å². The van der Waals surface area contributed by atoms with Gasteiger partial charge in [-0.3, -0.25) is 14.6 Å². The smallest absolute Gasteiger partial charge is 0.325 e. The van der Waals surface area contributed by atoms with E-state index >= 15 is 0 Å². The molecular weight excluding hydrogens is 622 g/mol. The van der Waals surface area contributed by atoms with Crippen molar-refractivity contribution in [2.45, 2.75) is 37.8 Å². The maximum atomic E-state index is 12.8. The van der Waals surface area contributed by atoms with Crippen LogP contribution in [0.5, 0.6) is 46.0 Å². The average molecular weight is 666 g/mol. The maximum Gasteiger partial charge on any atom is 0.325 e. The van der Waals surface area contributed by atoms with Gasteiger partial charge in [-0.1, -0.05) is 18.2 Å². The van der Waals surface area contributed by atoms with Crippen molar-refractivity contribution >= 4 is 5.97 Å². The van der Waals surface area contributed by atoms with Crippen molar-refractivity contribution in [2.75, 3.05) is 55.1 Å². The van der Waals surface area contributed by atoms with Crippen molar-refractivity contribution in [2.24, 2.45) is 5.73 Å². The van der Waals surface area contributed by atoms with E-state index in [2.05, 4.69) is 54.2 Å². The zero-order valence-corrected chi connectivity index (χ0v) is 28.7. The molecule has 0 spiro atoms. The van der Waals surface area contributed by atoms with Crippen LogP contribution < -0.4 is 34.2 Å². The number of rotatable bonds is 5. The predicted molar refractivity (Wildman–Crippen MR) is 186 cm³/mol. The molecule has 0 fully saturated rings. The highest BCUT2D eigenvalue weighted by atomic mass is 16.6. The number of ether oxygens (including phenoxy) is 6. The SMILES string of the molecule is COc1ccc2cc1Oc1ccc(cc1)C[C@H]1c3cc(c(OC)cc3CCN1C)Oc1c(OC(=O)CN)c(OC)cc3c1[C@H](C2)N(C)CC3. The van der Waals surface area contributed by atoms with E-state index in [0.29, 0.717) is 40.9 Å². The summed E-state index contributed by atoms with van der Waals surface area (Å²) in [5, 5.41) is 0. The summed E-state index contributed by atoms with van der Waals surface area (Å²) in [4.78, 5) is 17.5. The van der Waals surface area contributed by atoms with Gasteiger partial charge in [-0.2, -0.15) is 0 Å². The van der Waals surface area contributed by atoms with Crippen molar-refractivity contribution in [3.05, 3.63) is 94.0 Å². The zero-order valence-electron chi connectivity index (χ0n) is 28.7. The minimum Gasteiger partial charge on any atom is -0.493 e. The number of fused-ring (bicyclic) bond motifs is 2. The number of carbonyl (C=O) groups is 1. The highest BCUT2D eigenvalue weighted by Crippen LogP contribution is 2.52. The first-order chi connectivity index (χ1) is 23.8. The fourth-order valence-electron chi connectivity index (χ4n) is 7.33. The van der Waals surface area contributed by atoms with Crippen LogP contribution >= 0.6 is 0 Å². The lowest BCUT2D eigenvalue weighted by Gasteiger charge is -2.37. The highest BCUT2D eigenvalue weighted by molar-refractivity contribution is 5.77. The minimum absolute atomic E-state index is 0.0899. The Hall–Kier alpha value is -4.77. The van der Waals surface area contributed by atoms with E-state index in [9.17, 15) is 4.79 Å². The molecule has 4 aliphatic rings. The quantitative estimate of drug-likeness (QED) is 0.201. The molecule has 49 heavy (non-hydrogen) atoms. The molecule has 0 radical (unpaired) electrons. The Morgan fingerprint density at radius 2 is 1.39 bits per heavy atom. The van der Waals surface area contributed by atoms with Gasteiger partial charge in [0.25, 0.3) is 0 Å². The molecule has 2 N–H and O–H groups in total. The summed E-state index contributed by atoms with van der Waals surface area (Å²) in [6, 6.07) is 20.4. The topological polar surface area (TPSA) is 105 Å². The largest absolute Gasteiger partial charge is 0.493 e. The van der Waals surface area contributed by atoms with Gasteiger partial charge < -0.3 is 34.2 Å². The summed E-state index contributed by atoms with van der Waals surface area (Å²) in [5.41, 5.74) is 12.3. The summed E-state index contributed by atoms with van der Waals surface area (Å²) >= 11 is 0. The lowest BCUT2D eigenvalue weighted by Crippen LogP contribution is -2.34. The van der Waals surface area contributed by atoms with Crippen molar-refractivity contribution in [3.63, 3.8) is 0 Å². The molecule has 4 aromatic carbocycles. The number of likely N-dealkylation sites (N-methyl/N-ethyl adjacent to an activating group) is 2. The molecule has 2 atom stereocenters. The van der Waals surface area contributed by atoms with Crippen molar-refractivity contribution in [1.82, 2.24) is 9.80 Å². The molecule has 4 aliphatic heterocycles. The molecule has 0 aromatic heterocycles. The van der Waals surface area contributed by atoms with Gasteiger partial charge in [0.2, 0.25) is 5.75 Å². The van der Waals surface area contributed by atoms with E-state index in [-0.39, 0.29) is 24.4 Å². The molecule has 10 nitrogen and oxygen atoms in total. The first-order valence-corrected chi connectivity index (χ1v) is 16.7. The summed E-state index contributed by atoms with van der Waals surface area (Å²) in [7, 11) is 9.11. The Labute approximate surface area is 287 Å². The molecule has 0 amide bonds. The van der Waals surface area contributed by atoms with Crippen LogP contribution in [-0.4, -0.2) is 70.8 Å². The molecule has 0 saturated carbocycles. The fourth-order valence-corrected chi connectivity index (χ4v) is 7.33. The van der Waals surface area contributed by atoms with Gasteiger partial charge in [-0.05, 0) is 110 Å². The molecule has 256 valence electrons. The number of benzene rings is 4. The van der Waals surface area contributed by atoms with Crippen molar-refractivity contribution < 1.29 is 33.2 Å². The molecule has 4 aromatic rings. The third kappa shape index (κ3) is 6.27. The van der Waals surface area contributed by atoms with E-state index in [1.807, 2.05) is 30.3 Å². The second-order valence-electron chi connectivity index (χ2n) is 12.9. The Kier molecular flexibility index (Phi) is 9.11. The van der Waals surface area contributed by atoms with Crippen molar-refractivity contribution in [1.29, 1.82) is 0 Å². The normalized spacial score (nSPS) is 18.7. The molecule has 0 saturated heterocycles. The Morgan fingerprint density at radius 3 is 2.10 bits per heavy atom. The standard InChI is InChI=1S/C39H43N3O7/c1-41-14-12-25-19-32(45-4)34-21-28(25)29(41)16-23-6-9-27(10-7-23)47-33-18-24(8-11-31(33)44-3)17-30-37-26(13-15-42(30)2)20-35(46-5)38(39(37)48-34)49-36(43)22-40/h6-11,18-21,29-30H,12-17,22,40H2,1-5H3/t29-,30-/m0/s1. The molecule has 4 heterocycles. The number of carbonyl (C=O) groups excluding carboxylic acids is 1. The third-order valence-corrected chi connectivity index (χ3v) is 10.0. The van der Waals surface area contributed by atoms with Crippen LogP contribution in [0.3, 0.4) is 0 Å². The maximum absolute atomic E-state index is 12.8. The van der Waals surface area contributed by atoms with Crippen LogP contribution in [0.1, 0.15) is 45.5 Å². The van der Waals surface area contributed by atoms with Gasteiger partial charge in [-0.25, -0.2) is 0 Å². The van der Waals surface area contributed by atoms with Gasteiger partial charge in [0.1, 0.15) is 5.75 Å². The van der Waals surface area contributed by atoms with Crippen LogP contribution in [0.25, 0.3) is 0 Å². The second kappa shape index (κ2) is 13.6. The van der Waals surface area contributed by atoms with Crippen LogP contribution in [0.4, 0.5) is 0 Å². The van der Waals surface area contributed by atoms with Gasteiger partial charge in [0, 0.05) is 30.7 Å². The van der Waals surface area contributed by atoms with E-state index < -0.39 is 5.97 Å². The molecule has 8 rings (SSSR count). The number of nitrogens with zero attached hydrogens (tertiary/aromatic N) is 2. The average Bonchev–Trinajstić information content (AvgIpc) is 3.11. The monoisotopic (exact) mass is 665 g/mol. The van der Waals surface area contributed by atoms with E-state index in [4.69, 9.17) is 34.2 Å². The Balaban J connectivity index is 1.48. The minimum atomic E-state index is -0.597. The third-order valence-electron chi connectivity index (χ3n) is 10.0. The van der Waals surface area contributed by atoms with Gasteiger partial charge >= 0.3 is 5.97 Å². The van der Waals surface area contributed by atoms with Gasteiger partial charge in [-0.15, -0.1) is 0 Å². The van der Waals surface area contributed by atoms with Crippen LogP contribution in [0.2, 0.25) is 0 Å². The lowest BCUT2D eigenvalue weighted by molar-refractivity contribution is -0.133. The van der Waals surface area contributed by atoms with Crippen LogP contribution in [-0.2, 0) is 30.5 Å². The summed E-state index contributed by atoms with van der Waals surface area (Å²) in [6.07, 6.45) is 3.03. The number of hydrogen-bond donors (Lipinski definition) is 1. The lowest BCUT2D eigenvalue weighted by atomic mass is 9.87. The van der Waals surface area contributed by atoms with Gasteiger partial charge in [0.05, 0.1) is 27.9 Å². The molecule has 10 heteroatoms. The number of hydrogen-bond acceptors (Lipinski definition) is 10. The number of methoxy groups -OCH3 is 3. The van der Waals surface area contributed by atoms with E-state index in [0.717, 1.165) is 60.4 Å². The summed E-state index contributed by atoms with van der Waals surface area (Å²) < 4.78 is 36.9. The van der Waals surface area contributed by atoms with Crippen LogP contribution in [0, 0.1) is 0 Å². The zero-order chi connectivity index (χ0) is 34.2. The molecule has 6 bridgehead atoms. The second-order valence-corrected chi connectivity index (χ2v) is 12.9. The van der Waals surface area contributed by atoms with E-state index in [1.165, 1.54) is 11.1 Å². The first kappa shape index (κ1) is 32.8. The Bertz CT molecular complexity index is 1880. The van der Waals surface area contributed by atoms with Crippen LogP contribution in [0.15, 0.2) is 60.7 Å². The highest BCUT2D eigenvalue weighted by Gasteiger charge is 2.35. The summed E-state index contributed by atoms with van der Waals surface area (Å²) in [6.45, 7) is 1.42. The Morgan fingerprint density at radius 1 is 0.755 bits per heavy atom. The number of esters is 1. The molecule has 0 unspecified atom stereocenters. The van der Waals surface area contributed by atoms with Crippen molar-refractivity contribution in [3.8, 4) is 46.0 Å². The molecule has 0 aliphatic carbocycles. The predicted octanol–water partition coefficient (Wildman–Crippen LogP) is 6.02. The number of nitrogens with two attached hydrogens (primary N) is 1.